The van der Waals surface area contributed by atoms with Gasteiger partial charge in [0.05, 0.1) is 6.54 Å². The molecule has 0 radical (unpaired) electrons. The number of benzene rings is 1. The molecule has 0 aliphatic carbocycles. The van der Waals surface area contributed by atoms with Crippen molar-refractivity contribution in [2.75, 3.05) is 39.8 Å². The van der Waals surface area contributed by atoms with Gasteiger partial charge in [0.25, 0.3) is 0 Å². The van der Waals surface area contributed by atoms with E-state index >= 15 is 0 Å². The third kappa shape index (κ3) is 3.91. The van der Waals surface area contributed by atoms with Gasteiger partial charge in [0.1, 0.15) is 5.82 Å². The lowest BCUT2D eigenvalue weighted by atomic mass is 10.2. The van der Waals surface area contributed by atoms with E-state index in [1.807, 2.05) is 0 Å². The Labute approximate surface area is 123 Å². The maximum absolute atomic E-state index is 13.7. The van der Waals surface area contributed by atoms with E-state index in [0.717, 1.165) is 26.2 Å². The quantitative estimate of drug-likeness (QED) is 0.911. The zero-order chi connectivity index (χ0) is 14.5. The lowest BCUT2D eigenvalue weighted by Crippen LogP contribution is -2.48. The molecule has 0 atom stereocenters. The van der Waals surface area contributed by atoms with Crippen molar-refractivity contribution < 1.29 is 9.18 Å². The third-order valence-corrected chi connectivity index (χ3v) is 3.91. The summed E-state index contributed by atoms with van der Waals surface area (Å²) in [5, 5.41) is 3.09. The minimum absolute atomic E-state index is 0.0237. The Morgan fingerprint density at radius 3 is 2.55 bits per heavy atom. The Morgan fingerprint density at radius 2 is 1.95 bits per heavy atom. The monoisotopic (exact) mass is 299 g/mol. The number of hydrogen-bond donors (Lipinski definition) is 1. The highest BCUT2D eigenvalue weighted by molar-refractivity contribution is 6.31. The van der Waals surface area contributed by atoms with Crippen molar-refractivity contribution in [3.05, 3.63) is 34.6 Å². The van der Waals surface area contributed by atoms with Crippen LogP contribution in [0.1, 0.15) is 5.56 Å². The van der Waals surface area contributed by atoms with Crippen molar-refractivity contribution in [1.82, 2.24) is 15.1 Å². The van der Waals surface area contributed by atoms with E-state index in [0.29, 0.717) is 23.7 Å². The molecule has 1 amide bonds. The first-order valence-electron chi connectivity index (χ1n) is 6.68. The van der Waals surface area contributed by atoms with E-state index in [1.165, 1.54) is 6.07 Å². The minimum Gasteiger partial charge on any atom is -0.358 e. The Bertz CT molecular complexity index is 455. The number of carbonyl (C=O) groups excluding carboxylic acids is 1. The largest absolute Gasteiger partial charge is 0.358 e. The third-order valence-electron chi connectivity index (χ3n) is 3.55. The number of likely N-dealkylation sites (N-methyl/N-ethyl adjacent to an activating group) is 1. The summed E-state index contributed by atoms with van der Waals surface area (Å²) in [7, 11) is 1.64. The molecule has 1 heterocycles. The van der Waals surface area contributed by atoms with Gasteiger partial charge in [-0.2, -0.15) is 0 Å². The van der Waals surface area contributed by atoms with Crippen LogP contribution in [0.3, 0.4) is 0 Å². The summed E-state index contributed by atoms with van der Waals surface area (Å²) in [6.07, 6.45) is 0. The number of nitrogens with one attached hydrogen (secondary N) is 1. The molecule has 0 saturated carbocycles. The van der Waals surface area contributed by atoms with Crippen LogP contribution in [-0.2, 0) is 11.3 Å². The van der Waals surface area contributed by atoms with Gasteiger partial charge in [0.15, 0.2) is 0 Å². The number of rotatable bonds is 4. The zero-order valence-electron chi connectivity index (χ0n) is 11.5. The molecule has 1 aromatic carbocycles. The van der Waals surface area contributed by atoms with Crippen LogP contribution >= 0.6 is 11.6 Å². The molecule has 6 heteroatoms. The standard InChI is InChI=1S/C14H19ClFN3O/c1-17-14(20)10-19-7-5-18(6-8-19)9-11-12(15)3-2-4-13(11)16/h2-4H,5-10H2,1H3,(H,17,20). The average molecular weight is 300 g/mol. The van der Waals surface area contributed by atoms with Crippen molar-refractivity contribution in [3.63, 3.8) is 0 Å². The molecule has 4 nitrogen and oxygen atoms in total. The number of piperazine rings is 1. The minimum atomic E-state index is -0.259. The first-order chi connectivity index (χ1) is 9.60. The zero-order valence-corrected chi connectivity index (χ0v) is 12.3. The van der Waals surface area contributed by atoms with E-state index in [9.17, 15) is 9.18 Å². The van der Waals surface area contributed by atoms with E-state index in [1.54, 1.807) is 19.2 Å². The summed E-state index contributed by atoms with van der Waals surface area (Å²) in [5.74, 6) is -0.235. The molecule has 0 aromatic heterocycles. The summed E-state index contributed by atoms with van der Waals surface area (Å²) in [6, 6.07) is 4.76. The smallest absolute Gasteiger partial charge is 0.233 e. The number of hydrogen-bond acceptors (Lipinski definition) is 3. The van der Waals surface area contributed by atoms with Gasteiger partial charge in [-0.05, 0) is 12.1 Å². The topological polar surface area (TPSA) is 35.6 Å². The van der Waals surface area contributed by atoms with Crippen LogP contribution in [0.15, 0.2) is 18.2 Å². The summed E-state index contributed by atoms with van der Waals surface area (Å²) in [6.45, 7) is 4.16. The molecular weight excluding hydrogens is 281 g/mol. The second-order valence-corrected chi connectivity index (χ2v) is 5.33. The predicted molar refractivity (Wildman–Crippen MR) is 77.2 cm³/mol. The fraction of sp³-hybridized carbons (Fsp3) is 0.500. The molecule has 1 saturated heterocycles. The Balaban J connectivity index is 1.87. The van der Waals surface area contributed by atoms with Crippen LogP contribution in [0.4, 0.5) is 4.39 Å². The van der Waals surface area contributed by atoms with Crippen molar-refractivity contribution in [3.8, 4) is 0 Å². The molecule has 20 heavy (non-hydrogen) atoms. The molecule has 0 unspecified atom stereocenters. The number of nitrogens with zero attached hydrogens (tertiary/aromatic N) is 2. The molecule has 1 fully saturated rings. The Kier molecular flexibility index (Phi) is 5.34. The summed E-state index contributed by atoms with van der Waals surface area (Å²) in [4.78, 5) is 15.6. The van der Waals surface area contributed by atoms with Gasteiger partial charge in [0.2, 0.25) is 5.91 Å². The van der Waals surface area contributed by atoms with E-state index < -0.39 is 0 Å². The van der Waals surface area contributed by atoms with Gasteiger partial charge >= 0.3 is 0 Å². The SMILES string of the molecule is CNC(=O)CN1CCN(Cc2c(F)cccc2Cl)CC1. The normalized spacial score (nSPS) is 17.1. The molecule has 110 valence electrons. The maximum Gasteiger partial charge on any atom is 0.233 e. The van der Waals surface area contributed by atoms with Crippen LogP contribution in [0.25, 0.3) is 0 Å². The highest BCUT2D eigenvalue weighted by Crippen LogP contribution is 2.21. The van der Waals surface area contributed by atoms with Crippen LogP contribution in [-0.4, -0.2) is 55.5 Å². The average Bonchev–Trinajstić information content (AvgIpc) is 2.44. The van der Waals surface area contributed by atoms with Crippen LogP contribution in [0.5, 0.6) is 0 Å². The highest BCUT2D eigenvalue weighted by Gasteiger charge is 2.20. The molecule has 0 bridgehead atoms. The van der Waals surface area contributed by atoms with Gasteiger partial charge in [-0.15, -0.1) is 0 Å². The molecule has 0 spiro atoms. The predicted octanol–water partition coefficient (Wildman–Crippen LogP) is 1.34. The number of amides is 1. The summed E-state index contributed by atoms with van der Waals surface area (Å²) >= 11 is 6.04. The molecule has 1 N–H and O–H groups in total. The molecule has 1 aromatic rings. The lowest BCUT2D eigenvalue weighted by molar-refractivity contribution is -0.122. The highest BCUT2D eigenvalue weighted by atomic mass is 35.5. The van der Waals surface area contributed by atoms with Crippen LogP contribution < -0.4 is 5.32 Å². The second kappa shape index (κ2) is 7.02. The van der Waals surface area contributed by atoms with Gasteiger partial charge in [-0.3, -0.25) is 14.6 Å². The lowest BCUT2D eigenvalue weighted by Gasteiger charge is -2.34. The van der Waals surface area contributed by atoms with Gasteiger partial charge in [-0.1, -0.05) is 17.7 Å². The van der Waals surface area contributed by atoms with Crippen molar-refractivity contribution in [2.45, 2.75) is 6.54 Å². The molecule has 1 aliphatic rings. The first-order valence-corrected chi connectivity index (χ1v) is 7.06. The van der Waals surface area contributed by atoms with Gasteiger partial charge < -0.3 is 5.32 Å². The number of halogens is 2. The van der Waals surface area contributed by atoms with Gasteiger partial charge in [-0.25, -0.2) is 4.39 Å². The van der Waals surface area contributed by atoms with Crippen molar-refractivity contribution >= 4 is 17.5 Å². The first kappa shape index (κ1) is 15.2. The van der Waals surface area contributed by atoms with Crippen LogP contribution in [0, 0.1) is 5.82 Å². The van der Waals surface area contributed by atoms with Gasteiger partial charge in [0, 0.05) is 50.4 Å². The Hall–Kier alpha value is -1.17. The fourth-order valence-electron chi connectivity index (χ4n) is 2.29. The van der Waals surface area contributed by atoms with E-state index in [4.69, 9.17) is 11.6 Å². The summed E-state index contributed by atoms with van der Waals surface area (Å²) in [5.41, 5.74) is 0.550. The number of carbonyl (C=O) groups is 1. The molecule has 2 rings (SSSR count). The summed E-state index contributed by atoms with van der Waals surface area (Å²) < 4.78 is 13.7. The second-order valence-electron chi connectivity index (χ2n) is 4.93. The van der Waals surface area contributed by atoms with E-state index in [-0.39, 0.29) is 11.7 Å². The molecular formula is C14H19ClFN3O. The van der Waals surface area contributed by atoms with Crippen molar-refractivity contribution in [1.29, 1.82) is 0 Å². The maximum atomic E-state index is 13.7. The van der Waals surface area contributed by atoms with Crippen LogP contribution in [0.2, 0.25) is 5.02 Å². The van der Waals surface area contributed by atoms with E-state index in [2.05, 4.69) is 15.1 Å². The fourth-order valence-corrected chi connectivity index (χ4v) is 2.52. The van der Waals surface area contributed by atoms with Crippen molar-refractivity contribution in [2.24, 2.45) is 0 Å². The molecule has 1 aliphatic heterocycles. The Morgan fingerprint density at radius 1 is 1.30 bits per heavy atom.